The fourth-order valence-electron chi connectivity index (χ4n) is 5.72. The fraction of sp³-hybridized carbons (Fsp3) is 0.519. The molecular formula is C27H38ClN7O3S. The van der Waals surface area contributed by atoms with E-state index in [-0.39, 0.29) is 42.7 Å². The third kappa shape index (κ3) is 5.25. The average Bonchev–Trinajstić information content (AvgIpc) is 3.66. The Morgan fingerprint density at radius 1 is 1.26 bits per heavy atom. The topological polar surface area (TPSA) is 117 Å². The molecular weight excluding hydrogens is 538 g/mol. The number of aromatic nitrogens is 3. The molecule has 12 heteroatoms. The number of fused-ring (bicyclic) bond motifs is 1. The third-order valence-corrected chi connectivity index (χ3v) is 10.0. The van der Waals surface area contributed by atoms with Gasteiger partial charge in [0.15, 0.2) is 5.65 Å². The van der Waals surface area contributed by atoms with E-state index in [1.807, 2.05) is 56.4 Å². The number of carbonyl (C=O) groups excluding carboxylic acids is 1. The molecule has 3 atom stereocenters. The molecule has 4 heterocycles. The van der Waals surface area contributed by atoms with Crippen molar-refractivity contribution in [2.24, 2.45) is 5.73 Å². The Labute approximate surface area is 236 Å². The van der Waals surface area contributed by atoms with Crippen LogP contribution in [0.4, 0.5) is 5.82 Å². The minimum absolute atomic E-state index is 0. The maximum atomic E-state index is 14.2. The van der Waals surface area contributed by atoms with Gasteiger partial charge in [-0.25, -0.2) is 22.2 Å². The smallest absolute Gasteiger partial charge is 0.234 e. The number of rotatable bonds is 7. The van der Waals surface area contributed by atoms with Gasteiger partial charge < -0.3 is 15.5 Å². The lowest BCUT2D eigenvalue weighted by molar-refractivity contribution is -0.137. The van der Waals surface area contributed by atoms with Gasteiger partial charge in [0.25, 0.3) is 0 Å². The monoisotopic (exact) mass is 575 g/mol. The highest BCUT2D eigenvalue weighted by Crippen LogP contribution is 2.39. The molecule has 3 aromatic rings. The van der Waals surface area contributed by atoms with Gasteiger partial charge in [0.05, 0.1) is 22.9 Å². The van der Waals surface area contributed by atoms with Gasteiger partial charge in [-0.15, -0.1) is 12.4 Å². The molecule has 2 saturated heterocycles. The van der Waals surface area contributed by atoms with Crippen molar-refractivity contribution >= 4 is 39.8 Å². The number of amides is 1. The molecule has 0 radical (unpaired) electrons. The molecule has 0 aliphatic carbocycles. The first kappa shape index (κ1) is 29.3. The Kier molecular flexibility index (Phi) is 8.28. The van der Waals surface area contributed by atoms with Gasteiger partial charge in [-0.05, 0) is 39.2 Å². The maximum Gasteiger partial charge on any atom is 0.234 e. The van der Waals surface area contributed by atoms with Crippen molar-refractivity contribution in [1.29, 1.82) is 0 Å². The second-order valence-corrected chi connectivity index (χ2v) is 12.9. The molecule has 39 heavy (non-hydrogen) atoms. The van der Waals surface area contributed by atoms with Crippen LogP contribution < -0.4 is 10.6 Å². The highest BCUT2D eigenvalue weighted by atomic mass is 35.5. The summed E-state index contributed by atoms with van der Waals surface area (Å²) in [5, 5.41) is 4.76. The number of aryl methyl sites for hydroxylation is 1. The zero-order chi connectivity index (χ0) is 27.2. The lowest BCUT2D eigenvalue weighted by Gasteiger charge is -2.35. The van der Waals surface area contributed by atoms with Crippen molar-refractivity contribution in [2.45, 2.75) is 51.1 Å². The molecule has 0 saturated carbocycles. The van der Waals surface area contributed by atoms with Gasteiger partial charge in [0.1, 0.15) is 5.82 Å². The number of nitrogens with zero attached hydrogens (tertiary/aromatic N) is 6. The molecule has 2 aliphatic rings. The van der Waals surface area contributed by atoms with E-state index in [4.69, 9.17) is 15.8 Å². The van der Waals surface area contributed by atoms with Gasteiger partial charge in [-0.2, -0.15) is 5.10 Å². The number of anilines is 1. The average molecular weight is 576 g/mol. The van der Waals surface area contributed by atoms with Gasteiger partial charge in [0.2, 0.25) is 15.9 Å². The summed E-state index contributed by atoms with van der Waals surface area (Å²) in [5.41, 5.74) is 8.45. The number of hydrogen-bond donors (Lipinski definition) is 1. The molecule has 10 nitrogen and oxygen atoms in total. The number of hydrogen-bond acceptors (Lipinski definition) is 7. The Morgan fingerprint density at radius 2 is 1.97 bits per heavy atom. The second-order valence-electron chi connectivity index (χ2n) is 10.6. The lowest BCUT2D eigenvalue weighted by atomic mass is 9.78. The van der Waals surface area contributed by atoms with Crippen molar-refractivity contribution in [1.82, 2.24) is 23.8 Å². The molecule has 2 N–H and O–H groups in total. The number of carbonyl (C=O) groups is 1. The zero-order valence-corrected chi connectivity index (χ0v) is 24.6. The number of sulfonamides is 1. The third-order valence-electron chi connectivity index (χ3n) is 8.21. The van der Waals surface area contributed by atoms with Crippen LogP contribution in [0.2, 0.25) is 0 Å². The quantitative estimate of drug-likeness (QED) is 0.460. The predicted molar refractivity (Wildman–Crippen MR) is 155 cm³/mol. The summed E-state index contributed by atoms with van der Waals surface area (Å²) in [6.45, 7) is 7.72. The molecule has 2 aliphatic heterocycles. The van der Waals surface area contributed by atoms with Crippen LogP contribution in [0.25, 0.3) is 5.65 Å². The molecule has 1 unspecified atom stereocenters. The van der Waals surface area contributed by atoms with Crippen LogP contribution in [0.15, 0.2) is 42.6 Å². The van der Waals surface area contributed by atoms with Crippen molar-refractivity contribution in [2.75, 3.05) is 43.9 Å². The van der Waals surface area contributed by atoms with E-state index in [1.165, 1.54) is 4.31 Å². The molecule has 2 fully saturated rings. The summed E-state index contributed by atoms with van der Waals surface area (Å²) in [6.07, 6.45) is 3.34. The minimum Gasteiger partial charge on any atom is -0.355 e. The van der Waals surface area contributed by atoms with Crippen LogP contribution in [-0.4, -0.2) is 83.1 Å². The summed E-state index contributed by atoms with van der Waals surface area (Å²) in [4.78, 5) is 23.0. The first-order valence-corrected chi connectivity index (χ1v) is 14.8. The lowest BCUT2D eigenvalue weighted by Crippen LogP contribution is -2.48. The van der Waals surface area contributed by atoms with Crippen LogP contribution >= 0.6 is 12.4 Å². The summed E-state index contributed by atoms with van der Waals surface area (Å²) in [6, 6.07) is 11.3. The zero-order valence-electron chi connectivity index (χ0n) is 22.9. The Morgan fingerprint density at radius 3 is 2.62 bits per heavy atom. The van der Waals surface area contributed by atoms with Gasteiger partial charge in [-0.3, -0.25) is 4.79 Å². The van der Waals surface area contributed by atoms with E-state index in [0.717, 1.165) is 42.1 Å². The number of nitrogens with two attached hydrogens (primary N) is 1. The van der Waals surface area contributed by atoms with Crippen LogP contribution in [0.5, 0.6) is 0 Å². The van der Waals surface area contributed by atoms with Crippen LogP contribution in [0.3, 0.4) is 0 Å². The van der Waals surface area contributed by atoms with Crippen LogP contribution in [0, 0.1) is 6.92 Å². The Balaban J connectivity index is 0.00000353. The first-order valence-electron chi connectivity index (χ1n) is 13.2. The standard InChI is InChI=1S/C27H37N7O3S.ClH/c1-5-38(36,37)33-14-12-27(18-33,21-9-7-6-8-10-21)26(35)31(4)20(3)23-15-24-29-25(19(2)16-34(24)30-23)32-13-11-22(28)17-32;/h6-10,15-16,20,22H,5,11-14,17-18,28H2,1-4H3;1H/t20-,22-,27?;/m0./s1. The number of halogens is 1. The Hall–Kier alpha value is -2.73. The molecule has 2 aromatic heterocycles. The van der Waals surface area contributed by atoms with E-state index >= 15 is 0 Å². The summed E-state index contributed by atoms with van der Waals surface area (Å²) in [5.74, 6) is 0.815. The van der Waals surface area contributed by atoms with E-state index in [0.29, 0.717) is 18.6 Å². The molecule has 0 bridgehead atoms. The van der Waals surface area contributed by atoms with E-state index < -0.39 is 15.4 Å². The van der Waals surface area contributed by atoms with Crippen LogP contribution in [0.1, 0.15) is 49.6 Å². The van der Waals surface area contributed by atoms with Gasteiger partial charge in [0, 0.05) is 57.1 Å². The molecule has 212 valence electrons. The van der Waals surface area contributed by atoms with E-state index in [2.05, 4.69) is 4.90 Å². The largest absolute Gasteiger partial charge is 0.355 e. The van der Waals surface area contributed by atoms with Crippen molar-refractivity contribution in [3.05, 3.63) is 59.4 Å². The van der Waals surface area contributed by atoms with E-state index in [9.17, 15) is 13.2 Å². The normalized spacial score (nSPS) is 22.7. The van der Waals surface area contributed by atoms with Crippen molar-refractivity contribution in [3.8, 4) is 0 Å². The minimum atomic E-state index is -3.42. The van der Waals surface area contributed by atoms with Crippen LogP contribution in [-0.2, 0) is 20.2 Å². The number of likely N-dealkylation sites (N-methyl/N-ethyl adjacent to an activating group) is 1. The first-order chi connectivity index (χ1) is 18.1. The summed E-state index contributed by atoms with van der Waals surface area (Å²) >= 11 is 0. The Bertz CT molecular complexity index is 1450. The summed E-state index contributed by atoms with van der Waals surface area (Å²) in [7, 11) is -1.65. The van der Waals surface area contributed by atoms with Crippen molar-refractivity contribution in [3.63, 3.8) is 0 Å². The summed E-state index contributed by atoms with van der Waals surface area (Å²) < 4.78 is 28.6. The fourth-order valence-corrected chi connectivity index (χ4v) is 6.87. The van der Waals surface area contributed by atoms with Gasteiger partial charge >= 0.3 is 0 Å². The van der Waals surface area contributed by atoms with Gasteiger partial charge in [-0.1, -0.05) is 30.3 Å². The second kappa shape index (κ2) is 11.0. The predicted octanol–water partition coefficient (Wildman–Crippen LogP) is 2.51. The van der Waals surface area contributed by atoms with E-state index in [1.54, 1.807) is 23.4 Å². The highest BCUT2D eigenvalue weighted by Gasteiger charge is 2.50. The number of benzene rings is 1. The SMILES string of the molecule is CCS(=O)(=O)N1CCC(C(=O)N(C)[C@@H](C)c2cc3nc(N4CC[C@H](N)C4)c(C)cn3n2)(c2ccccc2)C1.Cl. The molecule has 1 amide bonds. The molecule has 1 aromatic carbocycles. The molecule has 0 spiro atoms. The molecule has 5 rings (SSSR count). The maximum absolute atomic E-state index is 14.2. The van der Waals surface area contributed by atoms with Crippen molar-refractivity contribution < 1.29 is 13.2 Å². The highest BCUT2D eigenvalue weighted by molar-refractivity contribution is 7.89.